The number of hydrogen-bond acceptors (Lipinski definition) is 4. The van der Waals surface area contributed by atoms with E-state index in [1.165, 1.54) is 11.3 Å². The number of rotatable bonds is 2. The summed E-state index contributed by atoms with van der Waals surface area (Å²) in [6, 6.07) is 1.53. The highest BCUT2D eigenvalue weighted by atomic mass is 32.1. The van der Waals surface area contributed by atoms with Gasteiger partial charge in [-0.1, -0.05) is 20.8 Å². The molecule has 0 saturated heterocycles. The number of nitrogens with zero attached hydrogens (tertiary/aromatic N) is 2. The second kappa shape index (κ2) is 4.49. The fraction of sp³-hybridized carbons (Fsp3) is 0.500. The van der Waals surface area contributed by atoms with E-state index in [1.807, 2.05) is 26.8 Å². The largest absolute Gasteiger partial charge is 0.465 e. The van der Waals surface area contributed by atoms with Crippen molar-refractivity contribution in [1.82, 2.24) is 10.3 Å². The van der Waals surface area contributed by atoms with Gasteiger partial charge >= 0.3 is 6.09 Å². The molecule has 5 nitrogen and oxygen atoms in total. The summed E-state index contributed by atoms with van der Waals surface area (Å²) in [6.07, 6.45) is -1.09. The highest BCUT2D eigenvalue weighted by molar-refractivity contribution is 7.09. The van der Waals surface area contributed by atoms with E-state index >= 15 is 0 Å². The molecular weight excluding hydrogens is 226 g/mol. The van der Waals surface area contributed by atoms with Crippen LogP contribution in [-0.4, -0.2) is 16.2 Å². The van der Waals surface area contributed by atoms with Gasteiger partial charge in [-0.25, -0.2) is 9.78 Å². The van der Waals surface area contributed by atoms with Crippen LogP contribution >= 0.6 is 11.3 Å². The molecule has 1 rings (SSSR count). The van der Waals surface area contributed by atoms with E-state index in [-0.39, 0.29) is 5.41 Å². The van der Waals surface area contributed by atoms with Crippen molar-refractivity contribution in [2.75, 3.05) is 0 Å². The van der Waals surface area contributed by atoms with Gasteiger partial charge in [0, 0.05) is 5.38 Å². The third-order valence-electron chi connectivity index (χ3n) is 2.02. The van der Waals surface area contributed by atoms with E-state index in [4.69, 9.17) is 10.4 Å². The Labute approximate surface area is 97.7 Å². The van der Waals surface area contributed by atoms with Crippen molar-refractivity contribution >= 4 is 17.4 Å². The van der Waals surface area contributed by atoms with E-state index < -0.39 is 12.1 Å². The van der Waals surface area contributed by atoms with Crippen LogP contribution in [0.2, 0.25) is 0 Å². The van der Waals surface area contributed by atoms with Crippen molar-refractivity contribution in [2.24, 2.45) is 5.41 Å². The summed E-state index contributed by atoms with van der Waals surface area (Å²) in [5, 5.41) is 22.1. The van der Waals surface area contributed by atoms with Crippen molar-refractivity contribution in [3.05, 3.63) is 16.1 Å². The molecule has 6 heteroatoms. The Kier molecular flexibility index (Phi) is 3.50. The van der Waals surface area contributed by atoms with E-state index in [2.05, 4.69) is 10.3 Å². The van der Waals surface area contributed by atoms with Crippen molar-refractivity contribution < 1.29 is 9.90 Å². The molecule has 2 N–H and O–H groups in total. The first-order valence-corrected chi connectivity index (χ1v) is 5.57. The minimum Gasteiger partial charge on any atom is -0.465 e. The van der Waals surface area contributed by atoms with Crippen LogP contribution in [0.4, 0.5) is 4.79 Å². The molecule has 0 aliphatic heterocycles. The maximum absolute atomic E-state index is 10.7. The molecule has 1 amide bonds. The van der Waals surface area contributed by atoms with Crippen LogP contribution in [-0.2, 0) is 0 Å². The third kappa shape index (κ3) is 2.94. The van der Waals surface area contributed by atoms with Crippen molar-refractivity contribution in [3.8, 4) is 6.07 Å². The SMILES string of the molecule is CC(C)(C)C(NC(=O)O)c1nc(C#N)cs1. The summed E-state index contributed by atoms with van der Waals surface area (Å²) in [5.41, 5.74) is 0.0321. The van der Waals surface area contributed by atoms with E-state index in [9.17, 15) is 4.79 Å². The van der Waals surface area contributed by atoms with Gasteiger partial charge in [0.15, 0.2) is 5.69 Å². The number of nitriles is 1. The summed E-state index contributed by atoms with van der Waals surface area (Å²) in [5.74, 6) is 0. The fourth-order valence-electron chi connectivity index (χ4n) is 1.24. The first kappa shape index (κ1) is 12.5. The number of hydrogen-bond donors (Lipinski definition) is 2. The molecule has 0 aliphatic carbocycles. The number of nitrogens with one attached hydrogen (secondary N) is 1. The van der Waals surface area contributed by atoms with Gasteiger partial charge in [-0.2, -0.15) is 5.26 Å². The van der Waals surface area contributed by atoms with Gasteiger partial charge in [-0.15, -0.1) is 11.3 Å². The topological polar surface area (TPSA) is 86.0 Å². The van der Waals surface area contributed by atoms with Gasteiger partial charge < -0.3 is 10.4 Å². The quantitative estimate of drug-likeness (QED) is 0.829. The Hall–Kier alpha value is -1.61. The molecule has 0 spiro atoms. The number of aromatic nitrogens is 1. The van der Waals surface area contributed by atoms with Gasteiger partial charge in [0.2, 0.25) is 0 Å². The van der Waals surface area contributed by atoms with Crippen LogP contribution in [0, 0.1) is 16.7 Å². The molecular formula is C10H13N3O2S. The minimum atomic E-state index is -1.09. The summed E-state index contributed by atoms with van der Waals surface area (Å²) >= 11 is 1.29. The molecule has 1 aromatic rings. The summed E-state index contributed by atoms with van der Waals surface area (Å²) in [6.45, 7) is 5.75. The van der Waals surface area contributed by atoms with Crippen LogP contribution in [0.1, 0.15) is 37.5 Å². The Balaban J connectivity index is 3.02. The summed E-state index contributed by atoms with van der Waals surface area (Å²) in [7, 11) is 0. The molecule has 0 radical (unpaired) electrons. The van der Waals surface area contributed by atoms with Crippen molar-refractivity contribution in [2.45, 2.75) is 26.8 Å². The van der Waals surface area contributed by atoms with Crippen LogP contribution in [0.5, 0.6) is 0 Å². The predicted molar refractivity (Wildman–Crippen MR) is 60.2 cm³/mol. The Bertz CT molecular complexity index is 428. The monoisotopic (exact) mass is 239 g/mol. The predicted octanol–water partition coefficient (Wildman–Crippen LogP) is 2.37. The van der Waals surface area contributed by atoms with Gasteiger partial charge in [0.1, 0.15) is 11.1 Å². The summed E-state index contributed by atoms with van der Waals surface area (Å²) in [4.78, 5) is 14.8. The molecule has 1 aromatic heterocycles. The van der Waals surface area contributed by atoms with Gasteiger partial charge in [0.25, 0.3) is 0 Å². The molecule has 1 heterocycles. The Morgan fingerprint density at radius 2 is 2.31 bits per heavy atom. The van der Waals surface area contributed by atoms with Gasteiger partial charge in [0.05, 0.1) is 6.04 Å². The van der Waals surface area contributed by atoms with Crippen LogP contribution in [0.3, 0.4) is 0 Å². The highest BCUT2D eigenvalue weighted by Crippen LogP contribution is 2.34. The Morgan fingerprint density at radius 3 is 2.69 bits per heavy atom. The Morgan fingerprint density at radius 1 is 1.69 bits per heavy atom. The van der Waals surface area contributed by atoms with Crippen LogP contribution in [0.15, 0.2) is 5.38 Å². The molecule has 1 atom stereocenters. The van der Waals surface area contributed by atoms with E-state index in [1.54, 1.807) is 5.38 Å². The smallest absolute Gasteiger partial charge is 0.405 e. The average Bonchev–Trinajstić information content (AvgIpc) is 2.60. The zero-order valence-electron chi connectivity index (χ0n) is 9.31. The molecule has 86 valence electrons. The number of carboxylic acid groups (broad SMARTS) is 1. The molecule has 1 unspecified atom stereocenters. The van der Waals surface area contributed by atoms with Crippen molar-refractivity contribution in [3.63, 3.8) is 0 Å². The molecule has 0 saturated carbocycles. The second-order valence-electron chi connectivity index (χ2n) is 4.43. The third-order valence-corrected chi connectivity index (χ3v) is 2.93. The maximum atomic E-state index is 10.7. The van der Waals surface area contributed by atoms with Gasteiger partial charge in [-0.05, 0) is 5.41 Å². The fourth-order valence-corrected chi connectivity index (χ4v) is 2.28. The van der Waals surface area contributed by atoms with E-state index in [0.29, 0.717) is 10.7 Å². The summed E-state index contributed by atoms with van der Waals surface area (Å²) < 4.78 is 0. The molecule has 0 bridgehead atoms. The lowest BCUT2D eigenvalue weighted by molar-refractivity contribution is 0.175. The number of amides is 1. The molecule has 0 fully saturated rings. The van der Waals surface area contributed by atoms with Gasteiger partial charge in [-0.3, -0.25) is 0 Å². The lowest BCUT2D eigenvalue weighted by atomic mass is 9.87. The van der Waals surface area contributed by atoms with Crippen LogP contribution in [0.25, 0.3) is 0 Å². The number of carbonyl (C=O) groups is 1. The zero-order chi connectivity index (χ0) is 12.3. The minimum absolute atomic E-state index is 0.289. The molecule has 0 aromatic carbocycles. The lowest BCUT2D eigenvalue weighted by Gasteiger charge is -2.28. The zero-order valence-corrected chi connectivity index (χ0v) is 10.1. The first-order chi connectivity index (χ1) is 7.34. The maximum Gasteiger partial charge on any atom is 0.405 e. The normalized spacial score (nSPS) is 12.9. The van der Waals surface area contributed by atoms with E-state index in [0.717, 1.165) is 0 Å². The first-order valence-electron chi connectivity index (χ1n) is 4.69. The van der Waals surface area contributed by atoms with Crippen LogP contribution < -0.4 is 5.32 Å². The highest BCUT2D eigenvalue weighted by Gasteiger charge is 2.30. The van der Waals surface area contributed by atoms with Crippen molar-refractivity contribution in [1.29, 1.82) is 5.26 Å². The standard InChI is InChI=1S/C10H13N3O2S/c1-10(2,3)7(13-9(14)15)8-12-6(4-11)5-16-8/h5,7,13H,1-3H3,(H,14,15). The lowest BCUT2D eigenvalue weighted by Crippen LogP contribution is -2.35. The molecule has 0 aliphatic rings. The average molecular weight is 239 g/mol. The second-order valence-corrected chi connectivity index (χ2v) is 5.32. The number of thiazole rings is 1. The molecule has 16 heavy (non-hydrogen) atoms.